The van der Waals surface area contributed by atoms with Crippen LogP contribution in [0, 0.1) is 20.8 Å². The van der Waals surface area contributed by atoms with Gasteiger partial charge in [0.05, 0.1) is 20.6 Å². The third-order valence-corrected chi connectivity index (χ3v) is 8.34. The Morgan fingerprint density at radius 1 is 1.06 bits per heavy atom. The van der Waals surface area contributed by atoms with Crippen LogP contribution in [0.2, 0.25) is 0 Å². The Morgan fingerprint density at radius 2 is 1.87 bits per heavy atom. The van der Waals surface area contributed by atoms with Gasteiger partial charge >= 0.3 is 0 Å². The highest BCUT2D eigenvalue weighted by molar-refractivity contribution is 7.19. The molecule has 3 nitrogen and oxygen atoms in total. The normalized spacial score (nSPS) is 11.8. The van der Waals surface area contributed by atoms with Crippen molar-refractivity contribution in [2.75, 3.05) is 0 Å². The molecule has 0 aliphatic carbocycles. The van der Waals surface area contributed by atoms with Crippen molar-refractivity contribution in [3.63, 3.8) is 0 Å². The number of fused-ring (bicyclic) bond motifs is 4. The predicted octanol–water partition coefficient (Wildman–Crippen LogP) is 7.17. The molecule has 0 spiro atoms. The van der Waals surface area contributed by atoms with Crippen LogP contribution in [0.4, 0.5) is 0 Å². The number of aryl methyl sites for hydroxylation is 5. The van der Waals surface area contributed by atoms with Crippen molar-refractivity contribution >= 4 is 48.5 Å². The Bertz CT molecular complexity index is 1560. The van der Waals surface area contributed by atoms with Crippen LogP contribution < -0.4 is 5.56 Å². The summed E-state index contributed by atoms with van der Waals surface area (Å²) in [5.41, 5.74) is 8.08. The van der Waals surface area contributed by atoms with Crippen LogP contribution in [-0.4, -0.2) is 8.97 Å². The second-order valence-corrected chi connectivity index (χ2v) is 10.4. The zero-order valence-corrected chi connectivity index (χ0v) is 20.2. The maximum absolute atomic E-state index is 13.8. The van der Waals surface area contributed by atoms with Gasteiger partial charge in [-0.05, 0) is 68.0 Å². The number of nitrogens with zero attached hydrogens (tertiary/aromatic N) is 2. The number of hydrogen-bond donors (Lipinski definition) is 0. The van der Waals surface area contributed by atoms with E-state index in [1.807, 2.05) is 4.40 Å². The quantitative estimate of drug-likeness (QED) is 0.288. The second kappa shape index (κ2) is 7.50. The molecule has 5 aromatic heterocycles. The average Bonchev–Trinajstić information content (AvgIpc) is 3.45. The first kappa shape index (κ1) is 20.3. The molecule has 0 saturated carbocycles. The summed E-state index contributed by atoms with van der Waals surface area (Å²) in [6.07, 6.45) is 1.92. The Hall–Kier alpha value is -2.63. The summed E-state index contributed by atoms with van der Waals surface area (Å²) in [4.78, 5) is 15.0. The van der Waals surface area contributed by atoms with Gasteiger partial charge in [0, 0.05) is 34.1 Å². The maximum atomic E-state index is 13.8. The van der Waals surface area contributed by atoms with E-state index in [1.165, 1.54) is 37.3 Å². The van der Waals surface area contributed by atoms with Crippen LogP contribution in [0.5, 0.6) is 0 Å². The Morgan fingerprint density at radius 3 is 2.61 bits per heavy atom. The van der Waals surface area contributed by atoms with E-state index < -0.39 is 0 Å². The molecular formula is C26H26N2OS2. The summed E-state index contributed by atoms with van der Waals surface area (Å²) in [6, 6.07) is 13.0. The standard InChI is InChI=1S/C26H26N2OS2/c1-6-8-20-15(2)13-18-9-7-10-19(22-14-23-21(27(22)5)11-12-30-23)24-16(3)25(31-17(24)4)26(29)28(18)20/h7,9-14H,6,8H2,1-5H3. The van der Waals surface area contributed by atoms with Crippen LogP contribution in [0.15, 0.2) is 46.6 Å². The van der Waals surface area contributed by atoms with E-state index in [9.17, 15) is 4.79 Å². The van der Waals surface area contributed by atoms with Crippen molar-refractivity contribution < 1.29 is 0 Å². The third-order valence-electron chi connectivity index (χ3n) is 6.29. The van der Waals surface area contributed by atoms with E-state index in [0.29, 0.717) is 0 Å². The van der Waals surface area contributed by atoms with Gasteiger partial charge < -0.3 is 4.57 Å². The highest BCUT2D eigenvalue weighted by atomic mass is 32.1. The van der Waals surface area contributed by atoms with Crippen LogP contribution >= 0.6 is 22.7 Å². The Kier molecular flexibility index (Phi) is 4.91. The molecule has 158 valence electrons. The summed E-state index contributed by atoms with van der Waals surface area (Å²) in [6.45, 7) is 8.52. The monoisotopic (exact) mass is 446 g/mol. The van der Waals surface area contributed by atoms with Crippen molar-refractivity contribution in [2.45, 2.75) is 40.5 Å². The minimum atomic E-state index is 0.0992. The summed E-state index contributed by atoms with van der Waals surface area (Å²) < 4.78 is 6.34. The van der Waals surface area contributed by atoms with Crippen LogP contribution in [0.1, 0.15) is 35.0 Å². The number of thiophene rings is 2. The van der Waals surface area contributed by atoms with E-state index >= 15 is 0 Å². The molecule has 2 bridgehead atoms. The molecule has 31 heavy (non-hydrogen) atoms. The summed E-state index contributed by atoms with van der Waals surface area (Å²) in [5, 5.41) is 3.33. The lowest BCUT2D eigenvalue weighted by atomic mass is 10.0. The number of aromatic nitrogens is 2. The zero-order valence-electron chi connectivity index (χ0n) is 18.6. The number of rotatable bonds is 3. The van der Waals surface area contributed by atoms with E-state index in [4.69, 9.17) is 0 Å². The molecule has 0 amide bonds. The molecule has 5 aromatic rings. The summed E-state index contributed by atoms with van der Waals surface area (Å²) in [7, 11) is 2.13. The molecule has 5 heteroatoms. The molecule has 0 aliphatic heterocycles. The zero-order chi connectivity index (χ0) is 21.9. The first-order valence-corrected chi connectivity index (χ1v) is 12.4. The molecular weight excluding hydrogens is 420 g/mol. The van der Waals surface area contributed by atoms with Crippen LogP contribution in [0.25, 0.3) is 37.1 Å². The maximum Gasteiger partial charge on any atom is 0.272 e. The topological polar surface area (TPSA) is 26.4 Å². The molecule has 0 aliphatic rings. The van der Waals surface area contributed by atoms with Gasteiger partial charge in [-0.2, -0.15) is 0 Å². The molecule has 0 atom stereocenters. The summed E-state index contributed by atoms with van der Waals surface area (Å²) >= 11 is 3.39. The largest absolute Gasteiger partial charge is 0.343 e. The van der Waals surface area contributed by atoms with Gasteiger partial charge in [0.25, 0.3) is 5.56 Å². The van der Waals surface area contributed by atoms with Crippen molar-refractivity contribution in [3.05, 3.63) is 73.8 Å². The molecule has 0 N–H and O–H groups in total. The minimum absolute atomic E-state index is 0.0992. The SMILES string of the molecule is CCCc1c(C)cc2cccc(-c3cc4sccc4n3C)c3c(C)sc(c3C)c(=O)n12. The lowest BCUT2D eigenvalue weighted by Crippen LogP contribution is -2.13. The fourth-order valence-corrected chi connectivity index (χ4v) is 6.77. The molecule has 0 radical (unpaired) electrons. The lowest BCUT2D eigenvalue weighted by molar-refractivity contribution is 0.852. The van der Waals surface area contributed by atoms with Gasteiger partial charge in [-0.1, -0.05) is 25.5 Å². The number of hydrogen-bond acceptors (Lipinski definition) is 3. The molecule has 5 heterocycles. The Labute approximate surface area is 189 Å². The van der Waals surface area contributed by atoms with Gasteiger partial charge in [-0.3, -0.25) is 9.20 Å². The molecule has 0 aromatic carbocycles. The average molecular weight is 447 g/mol. The lowest BCUT2D eigenvalue weighted by Gasteiger charge is -2.06. The van der Waals surface area contributed by atoms with E-state index in [0.717, 1.165) is 34.3 Å². The third kappa shape index (κ3) is 3.02. The van der Waals surface area contributed by atoms with E-state index in [-0.39, 0.29) is 5.56 Å². The van der Waals surface area contributed by atoms with Gasteiger partial charge in [-0.25, -0.2) is 0 Å². The highest BCUT2D eigenvalue weighted by Gasteiger charge is 2.17. The summed E-state index contributed by atoms with van der Waals surface area (Å²) in [5.74, 6) is 0. The van der Waals surface area contributed by atoms with Crippen molar-refractivity contribution in [1.29, 1.82) is 0 Å². The second-order valence-electron chi connectivity index (χ2n) is 8.27. The van der Waals surface area contributed by atoms with Crippen molar-refractivity contribution in [3.8, 4) is 11.3 Å². The van der Waals surface area contributed by atoms with Crippen LogP contribution in [0.3, 0.4) is 0 Å². The highest BCUT2D eigenvalue weighted by Crippen LogP contribution is 2.38. The van der Waals surface area contributed by atoms with Crippen molar-refractivity contribution in [1.82, 2.24) is 8.97 Å². The van der Waals surface area contributed by atoms with Crippen LogP contribution in [-0.2, 0) is 13.5 Å². The minimum Gasteiger partial charge on any atom is -0.343 e. The van der Waals surface area contributed by atoms with Gasteiger partial charge in [0.1, 0.15) is 0 Å². The fraction of sp³-hybridized carbons (Fsp3) is 0.269. The van der Waals surface area contributed by atoms with E-state index in [2.05, 4.69) is 81.1 Å². The fourth-order valence-electron chi connectivity index (χ4n) is 4.81. The molecule has 0 unspecified atom stereocenters. The Balaban J connectivity index is 1.96. The first-order valence-electron chi connectivity index (χ1n) is 10.7. The smallest absolute Gasteiger partial charge is 0.272 e. The van der Waals surface area contributed by atoms with Gasteiger partial charge in [-0.15, -0.1) is 22.7 Å². The molecule has 0 saturated heterocycles. The molecule has 0 fully saturated rings. The molecule has 5 rings (SSSR count). The van der Waals surface area contributed by atoms with Gasteiger partial charge in [0.15, 0.2) is 0 Å². The van der Waals surface area contributed by atoms with Gasteiger partial charge in [0.2, 0.25) is 0 Å². The van der Waals surface area contributed by atoms with E-state index in [1.54, 1.807) is 22.7 Å². The van der Waals surface area contributed by atoms with Crippen molar-refractivity contribution in [2.24, 2.45) is 7.05 Å². The predicted molar refractivity (Wildman–Crippen MR) is 136 cm³/mol. The first-order chi connectivity index (χ1) is 14.9.